The molecule has 1 aliphatic carbocycles. The first-order valence-corrected chi connectivity index (χ1v) is 7.00. The zero-order valence-corrected chi connectivity index (χ0v) is 9.37. The predicted molar refractivity (Wildman–Crippen MR) is 54.7 cm³/mol. The number of hydrogen-bond acceptors (Lipinski definition) is 3. The van der Waals surface area contributed by atoms with Crippen LogP contribution in [0.1, 0.15) is 19.8 Å². The summed E-state index contributed by atoms with van der Waals surface area (Å²) in [5.74, 6) is 0.304. The standard InChI is InChI=1S/C8H16O2S2/c1-6-4-5-8(6,9)7(11-2)12(3)10/h6-7,9H,4-5H2,1-3H3. The Bertz CT molecular complexity index is 195. The topological polar surface area (TPSA) is 37.3 Å². The fraction of sp³-hybridized carbons (Fsp3) is 1.00. The van der Waals surface area contributed by atoms with Crippen molar-refractivity contribution in [1.82, 2.24) is 0 Å². The summed E-state index contributed by atoms with van der Waals surface area (Å²) in [5, 5.41) is 10.1. The van der Waals surface area contributed by atoms with Crippen molar-refractivity contribution in [2.24, 2.45) is 5.92 Å². The van der Waals surface area contributed by atoms with Crippen molar-refractivity contribution in [2.45, 2.75) is 29.9 Å². The molecule has 0 spiro atoms. The van der Waals surface area contributed by atoms with Crippen LogP contribution in [0.5, 0.6) is 0 Å². The highest BCUT2D eigenvalue weighted by Gasteiger charge is 2.49. The quantitative estimate of drug-likeness (QED) is 0.757. The Labute approximate surface area is 80.6 Å². The normalized spacial score (nSPS) is 40.2. The zero-order chi connectivity index (χ0) is 9.35. The van der Waals surface area contributed by atoms with E-state index in [9.17, 15) is 9.32 Å². The van der Waals surface area contributed by atoms with E-state index in [0.717, 1.165) is 12.8 Å². The molecule has 72 valence electrons. The summed E-state index contributed by atoms with van der Waals surface area (Å²) in [6.45, 7) is 2.03. The second kappa shape index (κ2) is 3.68. The summed E-state index contributed by atoms with van der Waals surface area (Å²) in [5.41, 5.74) is -0.668. The summed E-state index contributed by atoms with van der Waals surface area (Å²) >= 11 is 1.51. The van der Waals surface area contributed by atoms with Crippen molar-refractivity contribution >= 4 is 22.6 Å². The number of aliphatic hydroxyl groups is 1. The van der Waals surface area contributed by atoms with Crippen LogP contribution in [-0.2, 0) is 10.8 Å². The average molecular weight is 208 g/mol. The first-order valence-electron chi connectivity index (χ1n) is 4.09. The maximum absolute atomic E-state index is 11.3. The molecule has 0 amide bonds. The third kappa shape index (κ3) is 1.56. The lowest BCUT2D eigenvalue weighted by Crippen LogP contribution is -2.54. The van der Waals surface area contributed by atoms with Crippen molar-refractivity contribution in [3.05, 3.63) is 0 Å². The predicted octanol–water partition coefficient (Wildman–Crippen LogP) is 1.21. The molecule has 0 aromatic rings. The molecule has 4 atom stereocenters. The van der Waals surface area contributed by atoms with Crippen LogP contribution in [0, 0.1) is 5.92 Å². The third-order valence-corrected chi connectivity index (χ3v) is 5.99. The van der Waals surface area contributed by atoms with E-state index in [1.165, 1.54) is 11.8 Å². The molecule has 4 unspecified atom stereocenters. The highest BCUT2D eigenvalue weighted by atomic mass is 32.2. The van der Waals surface area contributed by atoms with Crippen LogP contribution in [0.25, 0.3) is 0 Å². The van der Waals surface area contributed by atoms with Gasteiger partial charge in [-0.05, 0) is 25.0 Å². The van der Waals surface area contributed by atoms with Crippen molar-refractivity contribution < 1.29 is 9.32 Å². The molecule has 1 aliphatic rings. The molecule has 0 aromatic carbocycles. The fourth-order valence-corrected chi connectivity index (χ4v) is 4.47. The first kappa shape index (κ1) is 10.5. The molecule has 0 aliphatic heterocycles. The highest BCUT2D eigenvalue weighted by Crippen LogP contribution is 2.45. The SMILES string of the molecule is CSC(S(C)=O)C1(O)CCC1C. The van der Waals surface area contributed by atoms with E-state index in [-0.39, 0.29) is 4.58 Å². The highest BCUT2D eigenvalue weighted by molar-refractivity contribution is 8.10. The van der Waals surface area contributed by atoms with Gasteiger partial charge in [0.05, 0.1) is 5.60 Å². The van der Waals surface area contributed by atoms with E-state index >= 15 is 0 Å². The molecule has 1 fully saturated rings. The van der Waals surface area contributed by atoms with Gasteiger partial charge in [-0.25, -0.2) is 0 Å². The van der Waals surface area contributed by atoms with Gasteiger partial charge in [-0.15, -0.1) is 11.8 Å². The van der Waals surface area contributed by atoms with Crippen molar-refractivity contribution in [2.75, 3.05) is 12.5 Å². The molecule has 1 saturated carbocycles. The molecule has 0 saturated heterocycles. The first-order chi connectivity index (χ1) is 5.52. The van der Waals surface area contributed by atoms with Crippen LogP contribution < -0.4 is 0 Å². The van der Waals surface area contributed by atoms with Crippen LogP contribution in [0.2, 0.25) is 0 Å². The second-order valence-electron chi connectivity index (χ2n) is 3.50. The van der Waals surface area contributed by atoms with E-state index in [1.54, 1.807) is 6.26 Å². The van der Waals surface area contributed by atoms with Gasteiger partial charge < -0.3 is 5.11 Å². The van der Waals surface area contributed by atoms with Gasteiger partial charge in [0.15, 0.2) is 0 Å². The summed E-state index contributed by atoms with van der Waals surface area (Å²) in [6.07, 6.45) is 5.45. The van der Waals surface area contributed by atoms with Gasteiger partial charge in [-0.3, -0.25) is 4.21 Å². The van der Waals surface area contributed by atoms with Gasteiger partial charge in [-0.1, -0.05) is 6.92 Å². The third-order valence-electron chi connectivity index (χ3n) is 2.75. The molecule has 0 heterocycles. The monoisotopic (exact) mass is 208 g/mol. The van der Waals surface area contributed by atoms with Gasteiger partial charge in [-0.2, -0.15) is 0 Å². The Morgan fingerprint density at radius 1 is 1.75 bits per heavy atom. The van der Waals surface area contributed by atoms with E-state index in [4.69, 9.17) is 0 Å². The zero-order valence-electron chi connectivity index (χ0n) is 7.74. The molecular formula is C8H16O2S2. The lowest BCUT2D eigenvalue weighted by Gasteiger charge is -2.47. The van der Waals surface area contributed by atoms with E-state index in [2.05, 4.69) is 0 Å². The van der Waals surface area contributed by atoms with E-state index in [0.29, 0.717) is 5.92 Å². The summed E-state index contributed by atoms with van der Waals surface area (Å²) in [4.78, 5) is 0. The van der Waals surface area contributed by atoms with Crippen LogP contribution in [-0.4, -0.2) is 32.0 Å². The van der Waals surface area contributed by atoms with E-state index in [1.807, 2.05) is 13.2 Å². The Hall–Kier alpha value is 0.460. The van der Waals surface area contributed by atoms with Gasteiger partial charge in [0.1, 0.15) is 4.58 Å². The smallest absolute Gasteiger partial charge is 0.108 e. The Kier molecular flexibility index (Phi) is 3.23. The van der Waals surface area contributed by atoms with E-state index < -0.39 is 16.4 Å². The number of hydrogen-bond donors (Lipinski definition) is 1. The van der Waals surface area contributed by atoms with Crippen molar-refractivity contribution in [3.8, 4) is 0 Å². The molecular weight excluding hydrogens is 192 g/mol. The summed E-state index contributed by atoms with van der Waals surface area (Å²) < 4.78 is 11.2. The number of thioether (sulfide) groups is 1. The van der Waals surface area contributed by atoms with Crippen LogP contribution in [0.4, 0.5) is 0 Å². The Balaban J connectivity index is 2.71. The molecule has 4 heteroatoms. The Morgan fingerprint density at radius 2 is 2.33 bits per heavy atom. The van der Waals surface area contributed by atoms with Gasteiger partial charge in [0.25, 0.3) is 0 Å². The largest absolute Gasteiger partial charge is 0.387 e. The second-order valence-corrected chi connectivity index (χ2v) is 6.21. The van der Waals surface area contributed by atoms with Gasteiger partial charge in [0.2, 0.25) is 0 Å². The molecule has 1 N–H and O–H groups in total. The fourth-order valence-electron chi connectivity index (χ4n) is 1.71. The Morgan fingerprint density at radius 3 is 2.42 bits per heavy atom. The van der Waals surface area contributed by atoms with Gasteiger partial charge in [0, 0.05) is 17.1 Å². The van der Waals surface area contributed by atoms with Crippen LogP contribution in [0.15, 0.2) is 0 Å². The average Bonchev–Trinajstić information content (AvgIpc) is 2.02. The molecule has 2 nitrogen and oxygen atoms in total. The van der Waals surface area contributed by atoms with Crippen molar-refractivity contribution in [3.63, 3.8) is 0 Å². The molecule has 0 bridgehead atoms. The minimum Gasteiger partial charge on any atom is -0.387 e. The minimum absolute atomic E-state index is 0.110. The number of rotatable bonds is 3. The summed E-state index contributed by atoms with van der Waals surface area (Å²) in [6, 6.07) is 0. The maximum Gasteiger partial charge on any atom is 0.108 e. The van der Waals surface area contributed by atoms with Crippen LogP contribution in [0.3, 0.4) is 0 Å². The lowest BCUT2D eigenvalue weighted by atomic mass is 9.71. The lowest BCUT2D eigenvalue weighted by molar-refractivity contribution is -0.0719. The maximum atomic E-state index is 11.3. The molecule has 1 rings (SSSR count). The molecule has 0 radical (unpaired) electrons. The van der Waals surface area contributed by atoms with Crippen LogP contribution >= 0.6 is 11.8 Å². The molecule has 12 heavy (non-hydrogen) atoms. The summed E-state index contributed by atoms with van der Waals surface area (Å²) in [7, 11) is -0.929. The minimum atomic E-state index is -0.929. The van der Waals surface area contributed by atoms with Crippen molar-refractivity contribution in [1.29, 1.82) is 0 Å². The van der Waals surface area contributed by atoms with Gasteiger partial charge >= 0.3 is 0 Å². The molecule has 0 aromatic heterocycles.